The molecule has 1 N–H and O–H groups in total. The maximum Gasteiger partial charge on any atom is 0.141 e. The number of rotatable bonds is 0. The van der Waals surface area contributed by atoms with Crippen LogP contribution in [-0.2, 0) is 4.79 Å². The summed E-state index contributed by atoms with van der Waals surface area (Å²) in [5, 5.41) is 9.91. The monoisotopic (exact) mass is 182 g/mol. The molecular weight excluding hydrogens is 164 g/mol. The van der Waals surface area contributed by atoms with Crippen molar-refractivity contribution in [2.24, 2.45) is 11.3 Å². The lowest BCUT2D eigenvalue weighted by molar-refractivity contribution is -0.148. The zero-order valence-electron chi connectivity index (χ0n) is 8.25. The van der Waals surface area contributed by atoms with Crippen LogP contribution >= 0.6 is 0 Å². The number of hydrogen-bond acceptors (Lipinski definition) is 2. The van der Waals surface area contributed by atoms with Gasteiger partial charge >= 0.3 is 0 Å². The van der Waals surface area contributed by atoms with E-state index in [-0.39, 0.29) is 6.10 Å². The summed E-state index contributed by atoms with van der Waals surface area (Å²) in [6.45, 7) is 1.98. The molecule has 0 aliphatic heterocycles. The number of aliphatic hydroxyl groups is 1. The van der Waals surface area contributed by atoms with E-state index < -0.39 is 5.41 Å². The van der Waals surface area contributed by atoms with E-state index in [1.54, 1.807) is 0 Å². The maximum absolute atomic E-state index is 11.8. The van der Waals surface area contributed by atoms with E-state index in [1.807, 2.05) is 6.92 Å². The Labute approximate surface area is 79.3 Å². The molecule has 0 spiro atoms. The third kappa shape index (κ3) is 1.23. The van der Waals surface area contributed by atoms with Crippen LogP contribution in [0.3, 0.4) is 0 Å². The van der Waals surface area contributed by atoms with Crippen LogP contribution < -0.4 is 0 Å². The molecule has 2 fully saturated rings. The topological polar surface area (TPSA) is 37.3 Å². The predicted octanol–water partition coefficient (Wildman–Crippen LogP) is 1.91. The van der Waals surface area contributed by atoms with Crippen molar-refractivity contribution >= 4 is 5.78 Å². The largest absolute Gasteiger partial charge is 0.392 e. The van der Waals surface area contributed by atoms with Crippen molar-refractivity contribution in [2.75, 3.05) is 0 Å². The number of carbonyl (C=O) groups is 1. The van der Waals surface area contributed by atoms with Gasteiger partial charge in [0.15, 0.2) is 0 Å². The quantitative estimate of drug-likeness (QED) is 0.621. The van der Waals surface area contributed by atoms with Crippen molar-refractivity contribution in [3.05, 3.63) is 0 Å². The molecule has 0 saturated heterocycles. The molecule has 2 rings (SSSR count). The summed E-state index contributed by atoms with van der Waals surface area (Å²) in [6, 6.07) is 0. The summed E-state index contributed by atoms with van der Waals surface area (Å²) >= 11 is 0. The highest BCUT2D eigenvalue weighted by atomic mass is 16.3. The van der Waals surface area contributed by atoms with E-state index >= 15 is 0 Å². The third-order valence-corrected chi connectivity index (χ3v) is 4.13. The van der Waals surface area contributed by atoms with E-state index in [9.17, 15) is 9.90 Å². The summed E-state index contributed by atoms with van der Waals surface area (Å²) in [5.74, 6) is 0.758. The zero-order valence-corrected chi connectivity index (χ0v) is 8.25. The summed E-state index contributed by atoms with van der Waals surface area (Å²) in [5.41, 5.74) is -0.392. The highest BCUT2D eigenvalue weighted by molar-refractivity contribution is 5.86. The smallest absolute Gasteiger partial charge is 0.141 e. The molecule has 2 aliphatic carbocycles. The summed E-state index contributed by atoms with van der Waals surface area (Å²) in [7, 11) is 0. The molecule has 3 atom stereocenters. The molecule has 0 aromatic carbocycles. The van der Waals surface area contributed by atoms with Gasteiger partial charge < -0.3 is 5.11 Å². The highest BCUT2D eigenvalue weighted by Gasteiger charge is 2.49. The van der Waals surface area contributed by atoms with Crippen LogP contribution in [0.5, 0.6) is 0 Å². The Hall–Kier alpha value is -0.370. The van der Waals surface area contributed by atoms with Crippen LogP contribution in [-0.4, -0.2) is 17.0 Å². The fourth-order valence-corrected chi connectivity index (χ4v) is 3.07. The summed E-state index contributed by atoms with van der Waals surface area (Å²) in [6.07, 6.45) is 5.53. The van der Waals surface area contributed by atoms with E-state index in [1.165, 1.54) is 0 Å². The molecule has 2 aliphatic rings. The van der Waals surface area contributed by atoms with Gasteiger partial charge in [-0.1, -0.05) is 6.42 Å². The highest BCUT2D eigenvalue weighted by Crippen LogP contribution is 2.47. The molecule has 0 bridgehead atoms. The Kier molecular flexibility index (Phi) is 2.18. The molecule has 13 heavy (non-hydrogen) atoms. The number of ketones is 1. The van der Waals surface area contributed by atoms with Gasteiger partial charge in [-0.05, 0) is 38.5 Å². The van der Waals surface area contributed by atoms with E-state index in [2.05, 4.69) is 0 Å². The minimum Gasteiger partial charge on any atom is -0.392 e. The standard InChI is InChI=1S/C11H18O2/c1-11-8(4-2-6-9(11)12)5-3-7-10(11)13/h8-9,12H,2-7H2,1H3. The fraction of sp³-hybridized carbons (Fsp3) is 0.909. The lowest BCUT2D eigenvalue weighted by Gasteiger charge is -2.46. The molecule has 2 nitrogen and oxygen atoms in total. The molecule has 2 heteroatoms. The molecule has 0 radical (unpaired) electrons. The van der Waals surface area contributed by atoms with Gasteiger partial charge in [0.1, 0.15) is 5.78 Å². The lowest BCUT2D eigenvalue weighted by atomic mass is 9.58. The van der Waals surface area contributed by atoms with Crippen LogP contribution in [0.1, 0.15) is 45.4 Å². The van der Waals surface area contributed by atoms with Gasteiger partial charge in [-0.15, -0.1) is 0 Å². The van der Waals surface area contributed by atoms with E-state index in [0.29, 0.717) is 18.1 Å². The zero-order chi connectivity index (χ0) is 9.47. The maximum atomic E-state index is 11.8. The molecule has 3 unspecified atom stereocenters. The number of carbonyl (C=O) groups excluding carboxylic acids is 1. The first-order chi connectivity index (χ1) is 6.15. The Bertz CT molecular complexity index is 222. The average Bonchev–Trinajstić information content (AvgIpc) is 2.10. The van der Waals surface area contributed by atoms with Gasteiger partial charge in [-0.2, -0.15) is 0 Å². The van der Waals surface area contributed by atoms with E-state index in [4.69, 9.17) is 0 Å². The molecule has 0 heterocycles. The summed E-state index contributed by atoms with van der Waals surface area (Å²) < 4.78 is 0. The minimum absolute atomic E-state index is 0.302. The Balaban J connectivity index is 2.27. The van der Waals surface area contributed by atoms with Crippen LogP contribution in [0, 0.1) is 11.3 Å². The molecule has 0 amide bonds. The first kappa shape index (κ1) is 9.20. The van der Waals surface area contributed by atoms with Crippen LogP contribution in [0.25, 0.3) is 0 Å². The second-order valence-electron chi connectivity index (χ2n) is 4.74. The Morgan fingerprint density at radius 2 is 2.00 bits per heavy atom. The molecule has 0 aromatic rings. The molecule has 74 valence electrons. The second-order valence-corrected chi connectivity index (χ2v) is 4.74. The molecule has 0 aromatic heterocycles. The van der Waals surface area contributed by atoms with Gasteiger partial charge in [-0.3, -0.25) is 4.79 Å². The third-order valence-electron chi connectivity index (χ3n) is 4.13. The number of hydrogen-bond donors (Lipinski definition) is 1. The number of fused-ring (bicyclic) bond motifs is 1. The normalized spacial score (nSPS) is 45.8. The average molecular weight is 182 g/mol. The predicted molar refractivity (Wildman–Crippen MR) is 50.3 cm³/mol. The second kappa shape index (κ2) is 3.09. The first-order valence-electron chi connectivity index (χ1n) is 5.37. The number of Topliss-reactive ketones (excluding diaryl/α,β-unsaturated/α-hetero) is 1. The number of aliphatic hydroxyl groups excluding tert-OH is 1. The SMILES string of the molecule is CC12C(=O)CCCC1CCCC2O. The molecular formula is C11H18O2. The minimum atomic E-state index is -0.392. The van der Waals surface area contributed by atoms with Gasteiger partial charge in [0.2, 0.25) is 0 Å². The van der Waals surface area contributed by atoms with E-state index in [0.717, 1.165) is 32.1 Å². The van der Waals surface area contributed by atoms with Crippen molar-refractivity contribution in [1.29, 1.82) is 0 Å². The molecule has 2 saturated carbocycles. The van der Waals surface area contributed by atoms with Crippen molar-refractivity contribution < 1.29 is 9.90 Å². The first-order valence-corrected chi connectivity index (χ1v) is 5.37. The van der Waals surface area contributed by atoms with Crippen molar-refractivity contribution in [3.8, 4) is 0 Å². The van der Waals surface area contributed by atoms with Crippen molar-refractivity contribution in [2.45, 2.75) is 51.6 Å². The lowest BCUT2D eigenvalue weighted by Crippen LogP contribution is -2.50. The van der Waals surface area contributed by atoms with Gasteiger partial charge in [0.25, 0.3) is 0 Å². The van der Waals surface area contributed by atoms with Crippen LogP contribution in [0.2, 0.25) is 0 Å². The Morgan fingerprint density at radius 1 is 1.31 bits per heavy atom. The summed E-state index contributed by atoms with van der Waals surface area (Å²) in [4.78, 5) is 11.8. The van der Waals surface area contributed by atoms with Gasteiger partial charge in [-0.25, -0.2) is 0 Å². The van der Waals surface area contributed by atoms with Gasteiger partial charge in [0.05, 0.1) is 11.5 Å². The Morgan fingerprint density at radius 3 is 2.69 bits per heavy atom. The van der Waals surface area contributed by atoms with Crippen molar-refractivity contribution in [3.63, 3.8) is 0 Å². The van der Waals surface area contributed by atoms with Crippen LogP contribution in [0.15, 0.2) is 0 Å². The fourth-order valence-electron chi connectivity index (χ4n) is 3.07. The van der Waals surface area contributed by atoms with Crippen LogP contribution in [0.4, 0.5) is 0 Å². The van der Waals surface area contributed by atoms with Gasteiger partial charge in [0, 0.05) is 6.42 Å². The van der Waals surface area contributed by atoms with Crippen molar-refractivity contribution in [1.82, 2.24) is 0 Å².